The molecule has 0 saturated heterocycles. The Morgan fingerprint density at radius 3 is 1.94 bits per heavy atom. The van der Waals surface area contributed by atoms with Gasteiger partial charge in [0.05, 0.1) is 11.6 Å². The van der Waals surface area contributed by atoms with Crippen molar-refractivity contribution in [3.8, 4) is 11.8 Å². The third-order valence-electron chi connectivity index (χ3n) is 3.02. The molecule has 0 radical (unpaired) electrons. The number of benzene rings is 1. The lowest BCUT2D eigenvalue weighted by atomic mass is 10.2. The van der Waals surface area contributed by atoms with Crippen LogP contribution < -0.4 is 20.1 Å². The van der Waals surface area contributed by atoms with Gasteiger partial charge in [-0.3, -0.25) is 15.4 Å². The van der Waals surface area contributed by atoms with E-state index >= 15 is 0 Å². The highest BCUT2D eigenvalue weighted by atomic mass is 79.9. The molecule has 0 aliphatic heterocycles. The van der Waals surface area contributed by atoms with Crippen molar-refractivity contribution in [3.63, 3.8) is 0 Å². The molecule has 0 aliphatic rings. The van der Waals surface area contributed by atoms with Crippen LogP contribution in [0.3, 0.4) is 0 Å². The summed E-state index contributed by atoms with van der Waals surface area (Å²) in [5.74, 6) is -3.27. The number of imide groups is 1. The number of alkyl halides is 6. The number of rotatable bonds is 6. The Hall–Kier alpha value is -3.10. The normalized spacial score (nSPS) is 11.6. The lowest BCUT2D eigenvalue weighted by molar-refractivity contribution is -0.154. The Kier molecular flexibility index (Phi) is 7.65. The fraction of sp³-hybridized carbons (Fsp3) is 0.250. The number of halogens is 7. The standard InChI is InChI=1S/C16H11BrF6N4O4/c17-9-4-2-1-3-8(9)12(28)26-14(29)27-13-24-10(30-6-15(18,19)20)5-11(25-13)31-7-16(21,22)23/h1-5H,6-7H2,(H2,24,25,26,27,28,29). The summed E-state index contributed by atoms with van der Waals surface area (Å²) in [5, 5.41) is 3.80. The Bertz CT molecular complexity index is 918. The third kappa shape index (κ3) is 8.65. The van der Waals surface area contributed by atoms with Crippen molar-refractivity contribution in [2.75, 3.05) is 18.5 Å². The second-order valence-corrected chi connectivity index (χ2v) is 6.42. The van der Waals surface area contributed by atoms with Gasteiger partial charge < -0.3 is 9.47 Å². The zero-order chi connectivity index (χ0) is 23.2. The van der Waals surface area contributed by atoms with E-state index in [1.807, 2.05) is 10.6 Å². The molecule has 15 heteroatoms. The number of urea groups is 1. The highest BCUT2D eigenvalue weighted by molar-refractivity contribution is 9.10. The first-order valence-corrected chi connectivity index (χ1v) is 8.77. The van der Waals surface area contributed by atoms with E-state index in [4.69, 9.17) is 0 Å². The zero-order valence-corrected chi connectivity index (χ0v) is 16.6. The molecule has 8 nitrogen and oxygen atoms in total. The lowest BCUT2D eigenvalue weighted by Gasteiger charge is -2.13. The second kappa shape index (κ2) is 9.80. The minimum atomic E-state index is -4.77. The van der Waals surface area contributed by atoms with Crippen molar-refractivity contribution < 1.29 is 45.4 Å². The molecule has 0 bridgehead atoms. The van der Waals surface area contributed by atoms with Gasteiger partial charge in [-0.15, -0.1) is 0 Å². The summed E-state index contributed by atoms with van der Waals surface area (Å²) in [6.45, 7) is -3.62. The molecule has 2 aromatic rings. The van der Waals surface area contributed by atoms with Gasteiger partial charge >= 0.3 is 18.4 Å². The van der Waals surface area contributed by atoms with E-state index in [9.17, 15) is 35.9 Å². The second-order valence-electron chi connectivity index (χ2n) is 5.56. The summed E-state index contributed by atoms with van der Waals surface area (Å²) in [7, 11) is 0. The lowest BCUT2D eigenvalue weighted by Crippen LogP contribution is -2.35. The molecule has 0 fully saturated rings. The van der Waals surface area contributed by atoms with Crippen LogP contribution in [0.2, 0.25) is 0 Å². The topological polar surface area (TPSA) is 102 Å². The fourth-order valence-electron chi connectivity index (χ4n) is 1.87. The first-order valence-electron chi connectivity index (χ1n) is 7.97. The van der Waals surface area contributed by atoms with E-state index in [0.717, 1.165) is 0 Å². The number of nitrogens with zero attached hydrogens (tertiary/aromatic N) is 2. The molecule has 1 aromatic carbocycles. The Morgan fingerprint density at radius 2 is 1.45 bits per heavy atom. The highest BCUT2D eigenvalue weighted by Crippen LogP contribution is 2.23. The van der Waals surface area contributed by atoms with E-state index < -0.39 is 55.2 Å². The maximum absolute atomic E-state index is 12.3. The molecular formula is C16H11BrF6N4O4. The number of carbonyl (C=O) groups is 2. The maximum Gasteiger partial charge on any atom is 0.422 e. The van der Waals surface area contributed by atoms with Gasteiger partial charge in [0.1, 0.15) is 0 Å². The minimum Gasteiger partial charge on any atom is -0.468 e. The van der Waals surface area contributed by atoms with Crippen molar-refractivity contribution in [1.82, 2.24) is 15.3 Å². The number of hydrogen-bond acceptors (Lipinski definition) is 6. The molecule has 0 spiro atoms. The number of ether oxygens (including phenoxy) is 2. The number of carbonyl (C=O) groups excluding carboxylic acids is 2. The number of hydrogen-bond donors (Lipinski definition) is 2. The summed E-state index contributed by atoms with van der Waals surface area (Å²) >= 11 is 3.11. The number of amides is 3. The molecule has 2 N–H and O–H groups in total. The molecule has 1 aromatic heterocycles. The average Bonchev–Trinajstić information content (AvgIpc) is 2.63. The predicted octanol–water partition coefficient (Wildman–Crippen LogP) is 4.08. The van der Waals surface area contributed by atoms with Crippen molar-refractivity contribution in [3.05, 3.63) is 40.4 Å². The highest BCUT2D eigenvalue weighted by Gasteiger charge is 2.30. The van der Waals surface area contributed by atoms with Gasteiger partial charge in [0.2, 0.25) is 17.7 Å². The summed E-state index contributed by atoms with van der Waals surface area (Å²) < 4.78 is 83.0. The van der Waals surface area contributed by atoms with Gasteiger partial charge in [-0.05, 0) is 28.1 Å². The van der Waals surface area contributed by atoms with E-state index in [1.54, 1.807) is 6.07 Å². The monoisotopic (exact) mass is 516 g/mol. The first-order chi connectivity index (χ1) is 14.3. The largest absolute Gasteiger partial charge is 0.468 e. The van der Waals surface area contributed by atoms with Gasteiger partial charge in [0.15, 0.2) is 13.2 Å². The van der Waals surface area contributed by atoms with E-state index in [2.05, 4.69) is 35.4 Å². The summed E-state index contributed by atoms with van der Waals surface area (Å²) in [6.07, 6.45) is -9.53. The van der Waals surface area contributed by atoms with Gasteiger partial charge in [-0.25, -0.2) is 4.79 Å². The molecule has 3 amide bonds. The first kappa shape index (κ1) is 24.2. The smallest absolute Gasteiger partial charge is 0.422 e. The SMILES string of the molecule is O=C(NC(=O)c1ccccc1Br)Nc1nc(OCC(F)(F)F)cc(OCC(F)(F)F)n1. The van der Waals surface area contributed by atoms with Crippen LogP contribution in [0.1, 0.15) is 10.4 Å². The Labute approximate surface area is 178 Å². The molecule has 168 valence electrons. The average molecular weight is 517 g/mol. The predicted molar refractivity (Wildman–Crippen MR) is 95.8 cm³/mol. The van der Waals surface area contributed by atoms with Gasteiger partial charge in [0, 0.05) is 4.47 Å². The van der Waals surface area contributed by atoms with Crippen LogP contribution in [0, 0.1) is 0 Å². The zero-order valence-electron chi connectivity index (χ0n) is 15.0. The fourth-order valence-corrected chi connectivity index (χ4v) is 2.33. The van der Waals surface area contributed by atoms with E-state index in [1.165, 1.54) is 18.2 Å². The van der Waals surface area contributed by atoms with Gasteiger partial charge in [-0.2, -0.15) is 36.3 Å². The van der Waals surface area contributed by atoms with Gasteiger partial charge in [0.25, 0.3) is 5.91 Å². The Morgan fingerprint density at radius 1 is 0.935 bits per heavy atom. The third-order valence-corrected chi connectivity index (χ3v) is 3.71. The van der Waals surface area contributed by atoms with E-state index in [-0.39, 0.29) is 5.56 Å². The molecule has 31 heavy (non-hydrogen) atoms. The number of aromatic nitrogens is 2. The van der Waals surface area contributed by atoms with Crippen LogP contribution in [-0.4, -0.2) is 47.5 Å². The Balaban J connectivity index is 2.15. The van der Waals surface area contributed by atoms with Crippen molar-refractivity contribution in [2.45, 2.75) is 12.4 Å². The summed E-state index contributed by atoms with van der Waals surface area (Å²) in [6, 6.07) is 5.41. The molecule has 0 atom stereocenters. The van der Waals surface area contributed by atoms with Crippen molar-refractivity contribution in [1.29, 1.82) is 0 Å². The molecule has 0 unspecified atom stereocenters. The summed E-state index contributed by atoms with van der Waals surface area (Å²) in [5.41, 5.74) is 0.0787. The van der Waals surface area contributed by atoms with E-state index in [0.29, 0.717) is 10.5 Å². The van der Waals surface area contributed by atoms with Crippen LogP contribution in [0.5, 0.6) is 11.8 Å². The molecular weight excluding hydrogens is 506 g/mol. The molecule has 2 rings (SSSR count). The summed E-state index contributed by atoms with van der Waals surface area (Å²) in [4.78, 5) is 30.9. The van der Waals surface area contributed by atoms with Crippen molar-refractivity contribution in [2.24, 2.45) is 0 Å². The number of anilines is 1. The van der Waals surface area contributed by atoms with Crippen molar-refractivity contribution >= 4 is 33.8 Å². The van der Waals surface area contributed by atoms with Crippen LogP contribution in [0.25, 0.3) is 0 Å². The van der Waals surface area contributed by atoms with Crippen LogP contribution in [-0.2, 0) is 0 Å². The van der Waals surface area contributed by atoms with Crippen LogP contribution >= 0.6 is 15.9 Å². The quantitative estimate of drug-likeness (QED) is 0.561. The van der Waals surface area contributed by atoms with Gasteiger partial charge in [-0.1, -0.05) is 12.1 Å². The minimum absolute atomic E-state index is 0.0787. The van der Waals surface area contributed by atoms with Crippen LogP contribution in [0.15, 0.2) is 34.8 Å². The molecule has 0 aliphatic carbocycles. The maximum atomic E-state index is 12.3. The molecule has 1 heterocycles. The molecule has 0 saturated carbocycles. The van der Waals surface area contributed by atoms with Crippen LogP contribution in [0.4, 0.5) is 37.1 Å². The number of nitrogens with one attached hydrogen (secondary N) is 2.